The summed E-state index contributed by atoms with van der Waals surface area (Å²) in [5.74, 6) is 0.680. The molecule has 2 aromatic heterocycles. The lowest BCUT2D eigenvalue weighted by molar-refractivity contribution is 0.353. The molecule has 0 atom stereocenters. The topological polar surface area (TPSA) is 38.9 Å². The zero-order chi connectivity index (χ0) is 36.3. The molecule has 3 heteroatoms. The number of furan rings is 1. The Balaban J connectivity index is 1.05. The smallest absolute Gasteiger partial charge is 0.160 e. The lowest BCUT2D eigenvalue weighted by Gasteiger charge is -2.36. The van der Waals surface area contributed by atoms with Crippen molar-refractivity contribution in [2.75, 3.05) is 0 Å². The Kier molecular flexibility index (Phi) is 7.41. The molecular weight excluding hydrogens is 669 g/mol. The fourth-order valence-corrected chi connectivity index (χ4v) is 9.49. The van der Waals surface area contributed by atoms with E-state index in [4.69, 9.17) is 14.4 Å². The van der Waals surface area contributed by atoms with Crippen LogP contribution in [0.1, 0.15) is 43.2 Å². The maximum Gasteiger partial charge on any atom is 0.160 e. The van der Waals surface area contributed by atoms with Crippen LogP contribution in [0.4, 0.5) is 0 Å². The Morgan fingerprint density at radius 1 is 0.382 bits per heavy atom. The van der Waals surface area contributed by atoms with Gasteiger partial charge in [-0.2, -0.15) is 0 Å². The Morgan fingerprint density at radius 3 is 1.71 bits per heavy atom. The van der Waals surface area contributed by atoms with Crippen LogP contribution in [0.25, 0.3) is 89.2 Å². The van der Waals surface area contributed by atoms with E-state index in [1.807, 2.05) is 12.1 Å². The first kappa shape index (κ1) is 31.9. The molecule has 1 fully saturated rings. The number of nitrogens with zero attached hydrogens (tertiary/aromatic N) is 2. The van der Waals surface area contributed by atoms with Crippen LogP contribution >= 0.6 is 0 Å². The number of aromatic nitrogens is 2. The van der Waals surface area contributed by atoms with E-state index in [1.165, 1.54) is 65.5 Å². The van der Waals surface area contributed by atoms with Crippen molar-refractivity contribution in [3.05, 3.63) is 181 Å². The standard InChI is InChI=1S/C52H38N2O/c1-4-14-34(15-5-1)35-24-26-37(27-25-35)51-53-47(36-16-6-2-7-17-36)33-48(54-51)43-22-13-21-42-41-20-12-19-39(49(41)55-50(42)43)38-28-29-46-44(32-38)40-18-8-9-23-45(40)52(46)30-10-3-11-31-52/h1-2,4-9,12-29,32-33H,3,10-11,30-31H2. The van der Waals surface area contributed by atoms with Crippen LogP contribution < -0.4 is 0 Å². The highest BCUT2D eigenvalue weighted by Crippen LogP contribution is 2.56. The molecule has 262 valence electrons. The second kappa shape index (κ2) is 12.8. The van der Waals surface area contributed by atoms with Crippen molar-refractivity contribution in [2.45, 2.75) is 37.5 Å². The summed E-state index contributed by atoms with van der Waals surface area (Å²) in [6.07, 6.45) is 6.37. The van der Waals surface area contributed by atoms with Crippen LogP contribution in [0.2, 0.25) is 0 Å². The van der Waals surface area contributed by atoms with Crippen LogP contribution in [0.15, 0.2) is 174 Å². The molecule has 3 nitrogen and oxygen atoms in total. The van der Waals surface area contributed by atoms with E-state index < -0.39 is 0 Å². The number of rotatable bonds is 5. The zero-order valence-electron chi connectivity index (χ0n) is 30.5. The molecule has 9 aromatic rings. The zero-order valence-corrected chi connectivity index (χ0v) is 30.5. The van der Waals surface area contributed by atoms with Crippen LogP contribution in [0.3, 0.4) is 0 Å². The van der Waals surface area contributed by atoms with E-state index in [2.05, 4.69) is 158 Å². The van der Waals surface area contributed by atoms with Gasteiger partial charge in [0.25, 0.3) is 0 Å². The van der Waals surface area contributed by atoms with Gasteiger partial charge in [0.2, 0.25) is 0 Å². The molecule has 1 spiro atoms. The predicted molar refractivity (Wildman–Crippen MR) is 226 cm³/mol. The van der Waals surface area contributed by atoms with Gasteiger partial charge in [-0.3, -0.25) is 0 Å². The van der Waals surface area contributed by atoms with Crippen molar-refractivity contribution in [3.63, 3.8) is 0 Å². The number of fused-ring (bicyclic) bond motifs is 8. The maximum atomic E-state index is 7.02. The highest BCUT2D eigenvalue weighted by atomic mass is 16.3. The van der Waals surface area contributed by atoms with Crippen molar-refractivity contribution < 1.29 is 4.42 Å². The third-order valence-corrected chi connectivity index (χ3v) is 12.1. The van der Waals surface area contributed by atoms with Crippen molar-refractivity contribution in [2.24, 2.45) is 0 Å². The van der Waals surface area contributed by atoms with E-state index in [9.17, 15) is 0 Å². The number of para-hydroxylation sites is 2. The molecule has 11 rings (SSSR count). The molecule has 7 aromatic carbocycles. The summed E-state index contributed by atoms with van der Waals surface area (Å²) < 4.78 is 7.02. The average molecular weight is 707 g/mol. The molecule has 0 aliphatic heterocycles. The SMILES string of the molecule is c1ccc(-c2ccc(-c3nc(-c4ccccc4)cc(-c4cccc5c4oc4c(-c6ccc7c(c6)-c6ccccc6C76CCCCC6)cccc45)n3)cc2)cc1. The Labute approximate surface area is 321 Å². The quantitative estimate of drug-likeness (QED) is 0.179. The van der Waals surface area contributed by atoms with Crippen molar-refractivity contribution in [1.29, 1.82) is 0 Å². The van der Waals surface area contributed by atoms with E-state index in [0.29, 0.717) is 5.82 Å². The lowest BCUT2D eigenvalue weighted by Crippen LogP contribution is -2.27. The molecule has 55 heavy (non-hydrogen) atoms. The second-order valence-corrected chi connectivity index (χ2v) is 15.2. The predicted octanol–water partition coefficient (Wildman–Crippen LogP) is 13.9. The first-order chi connectivity index (χ1) is 27.2. The van der Waals surface area contributed by atoms with Gasteiger partial charge in [0.1, 0.15) is 11.2 Å². The van der Waals surface area contributed by atoms with Crippen LogP contribution in [0.5, 0.6) is 0 Å². The molecule has 1 saturated carbocycles. The lowest BCUT2D eigenvalue weighted by atomic mass is 9.68. The summed E-state index contributed by atoms with van der Waals surface area (Å²) in [6, 6.07) is 60.7. The third kappa shape index (κ3) is 5.18. The normalized spacial score (nSPS) is 14.3. The first-order valence-corrected chi connectivity index (χ1v) is 19.5. The maximum absolute atomic E-state index is 7.02. The third-order valence-electron chi connectivity index (χ3n) is 12.1. The molecular formula is C52H38N2O. The minimum absolute atomic E-state index is 0.141. The van der Waals surface area contributed by atoms with Gasteiger partial charge in [-0.05, 0) is 70.0 Å². The summed E-state index contributed by atoms with van der Waals surface area (Å²) in [5, 5.41) is 2.18. The van der Waals surface area contributed by atoms with E-state index in [1.54, 1.807) is 0 Å². The molecule has 0 amide bonds. The largest absolute Gasteiger partial charge is 0.455 e. The van der Waals surface area contributed by atoms with Gasteiger partial charge in [-0.15, -0.1) is 0 Å². The monoisotopic (exact) mass is 706 g/mol. The van der Waals surface area contributed by atoms with Crippen LogP contribution in [-0.4, -0.2) is 9.97 Å². The highest BCUT2D eigenvalue weighted by molar-refractivity contribution is 6.13. The Hall–Kier alpha value is -6.58. The number of hydrogen-bond acceptors (Lipinski definition) is 3. The van der Waals surface area contributed by atoms with Crippen LogP contribution in [0, 0.1) is 0 Å². The molecule has 2 aliphatic rings. The summed E-state index contributed by atoms with van der Waals surface area (Å²) >= 11 is 0. The minimum atomic E-state index is 0.141. The Morgan fingerprint density at radius 2 is 0.945 bits per heavy atom. The van der Waals surface area contributed by atoms with Gasteiger partial charge in [0.05, 0.1) is 11.4 Å². The number of benzene rings is 7. The van der Waals surface area contributed by atoms with Crippen molar-refractivity contribution >= 4 is 21.9 Å². The summed E-state index contributed by atoms with van der Waals surface area (Å²) in [6.45, 7) is 0. The molecule has 0 radical (unpaired) electrons. The molecule has 2 heterocycles. The van der Waals surface area contributed by atoms with Gasteiger partial charge in [0, 0.05) is 38.4 Å². The van der Waals surface area contributed by atoms with Gasteiger partial charge >= 0.3 is 0 Å². The average Bonchev–Trinajstić information content (AvgIpc) is 3.78. The molecule has 2 aliphatic carbocycles. The fraction of sp³-hybridized carbons (Fsp3) is 0.115. The molecule has 0 unspecified atom stereocenters. The van der Waals surface area contributed by atoms with E-state index in [0.717, 1.165) is 61.1 Å². The van der Waals surface area contributed by atoms with Gasteiger partial charge in [-0.25, -0.2) is 9.97 Å². The summed E-state index contributed by atoms with van der Waals surface area (Å²) in [4.78, 5) is 10.3. The van der Waals surface area contributed by atoms with Crippen molar-refractivity contribution in [3.8, 4) is 67.3 Å². The fourth-order valence-electron chi connectivity index (χ4n) is 9.49. The van der Waals surface area contributed by atoms with Crippen LogP contribution in [-0.2, 0) is 5.41 Å². The van der Waals surface area contributed by atoms with Gasteiger partial charge < -0.3 is 4.42 Å². The van der Waals surface area contributed by atoms with E-state index in [-0.39, 0.29) is 5.41 Å². The molecule has 0 saturated heterocycles. The van der Waals surface area contributed by atoms with E-state index >= 15 is 0 Å². The summed E-state index contributed by atoms with van der Waals surface area (Å²) in [7, 11) is 0. The summed E-state index contributed by atoms with van der Waals surface area (Å²) in [5.41, 5.74) is 16.9. The number of hydrogen-bond donors (Lipinski definition) is 0. The highest BCUT2D eigenvalue weighted by Gasteiger charge is 2.43. The first-order valence-electron chi connectivity index (χ1n) is 19.5. The molecule has 0 N–H and O–H groups in total. The van der Waals surface area contributed by atoms with Gasteiger partial charge in [0.15, 0.2) is 5.82 Å². The Bertz CT molecular complexity index is 2880. The minimum Gasteiger partial charge on any atom is -0.455 e. The van der Waals surface area contributed by atoms with Crippen molar-refractivity contribution in [1.82, 2.24) is 9.97 Å². The van der Waals surface area contributed by atoms with Gasteiger partial charge in [-0.1, -0.05) is 171 Å². The second-order valence-electron chi connectivity index (χ2n) is 15.2. The molecule has 0 bridgehead atoms.